The molecule has 2 rings (SSSR count). The molecular formula is C16H31N3O. The van der Waals surface area contributed by atoms with Crippen molar-refractivity contribution in [3.8, 4) is 0 Å². The van der Waals surface area contributed by atoms with Crippen molar-refractivity contribution in [2.24, 2.45) is 5.73 Å². The van der Waals surface area contributed by atoms with Crippen LogP contribution < -0.4 is 16.8 Å². The molecule has 1 saturated heterocycles. The van der Waals surface area contributed by atoms with Gasteiger partial charge in [-0.25, -0.2) is 0 Å². The normalized spacial score (nSPS) is 16.1. The van der Waals surface area contributed by atoms with Crippen LogP contribution in [0.1, 0.15) is 32.4 Å². The second-order valence-corrected chi connectivity index (χ2v) is 3.64. The van der Waals surface area contributed by atoms with Crippen molar-refractivity contribution >= 4 is 5.69 Å². The Morgan fingerprint density at radius 3 is 2.15 bits per heavy atom. The number of rotatable bonds is 1. The molecule has 1 aliphatic rings. The third kappa shape index (κ3) is 9.55. The fourth-order valence-corrected chi connectivity index (χ4v) is 1.49. The summed E-state index contributed by atoms with van der Waals surface area (Å²) in [6.07, 6.45) is 1.94. The Bertz CT molecular complexity index is 306. The number of nitrogen functional groups attached to an aromatic ring is 1. The SMILES string of the molecule is C=CC.CC.CN.Nc1ccc(C2CNCCO2)cc1. The highest BCUT2D eigenvalue weighted by Crippen LogP contribution is 2.19. The fourth-order valence-electron chi connectivity index (χ4n) is 1.49. The zero-order chi connectivity index (χ0) is 15.8. The predicted octanol–water partition coefficient (Wildman–Crippen LogP) is 2.72. The second-order valence-electron chi connectivity index (χ2n) is 3.64. The first kappa shape index (κ1) is 20.9. The monoisotopic (exact) mass is 281 g/mol. The van der Waals surface area contributed by atoms with E-state index in [4.69, 9.17) is 10.5 Å². The maximum absolute atomic E-state index is 5.60. The lowest BCUT2D eigenvalue weighted by Gasteiger charge is -2.23. The minimum atomic E-state index is 0.189. The van der Waals surface area contributed by atoms with E-state index in [1.807, 2.05) is 45.0 Å². The standard InChI is InChI=1S/C10H14N2O.C3H6.C2H6.CH5N/c11-9-3-1-8(2-4-9)10-7-12-5-6-13-10;1-3-2;2*1-2/h1-4,10,12H,5-7,11H2;3H,1H2,2H3;1-2H3;2H2,1H3. The van der Waals surface area contributed by atoms with Gasteiger partial charge in [0.1, 0.15) is 0 Å². The lowest BCUT2D eigenvalue weighted by atomic mass is 10.1. The molecule has 20 heavy (non-hydrogen) atoms. The van der Waals surface area contributed by atoms with Gasteiger partial charge in [0.25, 0.3) is 0 Å². The average Bonchev–Trinajstić information content (AvgIpc) is 2.54. The molecule has 0 bridgehead atoms. The van der Waals surface area contributed by atoms with Gasteiger partial charge < -0.3 is 21.5 Å². The van der Waals surface area contributed by atoms with Gasteiger partial charge >= 0.3 is 0 Å². The van der Waals surface area contributed by atoms with E-state index in [1.165, 1.54) is 12.6 Å². The van der Waals surface area contributed by atoms with E-state index in [-0.39, 0.29) is 6.10 Å². The summed E-state index contributed by atoms with van der Waals surface area (Å²) in [4.78, 5) is 0. The van der Waals surface area contributed by atoms with Crippen LogP contribution in [0.15, 0.2) is 36.9 Å². The quantitative estimate of drug-likeness (QED) is 0.546. The lowest BCUT2D eigenvalue weighted by molar-refractivity contribution is 0.0277. The molecule has 4 heteroatoms. The summed E-state index contributed by atoms with van der Waals surface area (Å²) in [5.41, 5.74) is 12.1. The Morgan fingerprint density at radius 2 is 1.75 bits per heavy atom. The minimum Gasteiger partial charge on any atom is -0.399 e. The Balaban J connectivity index is 0. The maximum Gasteiger partial charge on any atom is 0.0949 e. The van der Waals surface area contributed by atoms with E-state index in [1.54, 1.807) is 6.08 Å². The molecule has 0 saturated carbocycles. The van der Waals surface area contributed by atoms with Crippen molar-refractivity contribution in [1.82, 2.24) is 5.32 Å². The number of allylic oxidation sites excluding steroid dienone is 1. The molecule has 1 aromatic carbocycles. The number of benzene rings is 1. The molecule has 1 unspecified atom stereocenters. The number of hydrogen-bond donors (Lipinski definition) is 3. The van der Waals surface area contributed by atoms with E-state index >= 15 is 0 Å². The molecule has 0 spiro atoms. The number of nitrogens with one attached hydrogen (secondary N) is 1. The summed E-state index contributed by atoms with van der Waals surface area (Å²) >= 11 is 0. The van der Waals surface area contributed by atoms with Gasteiger partial charge in [0.05, 0.1) is 12.7 Å². The molecule has 1 heterocycles. The van der Waals surface area contributed by atoms with E-state index in [9.17, 15) is 0 Å². The van der Waals surface area contributed by atoms with Crippen molar-refractivity contribution in [3.05, 3.63) is 42.5 Å². The van der Waals surface area contributed by atoms with Gasteiger partial charge in [-0.3, -0.25) is 0 Å². The number of hydrogen-bond acceptors (Lipinski definition) is 4. The lowest BCUT2D eigenvalue weighted by Crippen LogP contribution is -2.33. The van der Waals surface area contributed by atoms with E-state index < -0.39 is 0 Å². The summed E-state index contributed by atoms with van der Waals surface area (Å²) in [5, 5.41) is 3.29. The van der Waals surface area contributed by atoms with E-state index in [0.29, 0.717) is 0 Å². The van der Waals surface area contributed by atoms with Gasteiger partial charge in [0.2, 0.25) is 0 Å². The van der Waals surface area contributed by atoms with Crippen LogP contribution in [0.25, 0.3) is 0 Å². The van der Waals surface area contributed by atoms with E-state index in [2.05, 4.69) is 17.6 Å². The molecule has 5 N–H and O–H groups in total. The summed E-state index contributed by atoms with van der Waals surface area (Å²) in [7, 11) is 1.50. The highest BCUT2D eigenvalue weighted by molar-refractivity contribution is 5.39. The van der Waals surface area contributed by atoms with Gasteiger partial charge in [-0.15, -0.1) is 6.58 Å². The molecule has 1 fully saturated rings. The van der Waals surface area contributed by atoms with Gasteiger partial charge in [-0.05, 0) is 31.7 Å². The highest BCUT2D eigenvalue weighted by Gasteiger charge is 2.14. The fraction of sp³-hybridized carbons (Fsp3) is 0.500. The van der Waals surface area contributed by atoms with Crippen LogP contribution in [0, 0.1) is 0 Å². The molecular weight excluding hydrogens is 250 g/mol. The second kappa shape index (κ2) is 15.7. The van der Waals surface area contributed by atoms with Crippen LogP contribution in [0.5, 0.6) is 0 Å². The molecule has 1 aliphatic heterocycles. The number of anilines is 1. The molecule has 0 amide bonds. The maximum atomic E-state index is 5.60. The Morgan fingerprint density at radius 1 is 1.25 bits per heavy atom. The van der Waals surface area contributed by atoms with Crippen molar-refractivity contribution in [3.63, 3.8) is 0 Å². The molecule has 1 aromatic rings. The molecule has 0 aromatic heterocycles. The third-order valence-electron chi connectivity index (χ3n) is 2.24. The van der Waals surface area contributed by atoms with Gasteiger partial charge in [0, 0.05) is 18.8 Å². The summed E-state index contributed by atoms with van der Waals surface area (Å²) in [6, 6.07) is 7.86. The van der Waals surface area contributed by atoms with Crippen LogP contribution in [0.2, 0.25) is 0 Å². The van der Waals surface area contributed by atoms with Crippen LogP contribution in [0.3, 0.4) is 0 Å². The predicted molar refractivity (Wildman–Crippen MR) is 89.7 cm³/mol. The first-order valence-corrected chi connectivity index (χ1v) is 7.10. The molecule has 116 valence electrons. The third-order valence-corrected chi connectivity index (χ3v) is 2.24. The number of nitrogens with two attached hydrogens (primary N) is 2. The Hall–Kier alpha value is -1.36. The zero-order valence-corrected chi connectivity index (χ0v) is 13.4. The van der Waals surface area contributed by atoms with Crippen molar-refractivity contribution < 1.29 is 4.74 Å². The summed E-state index contributed by atoms with van der Waals surface area (Å²) < 4.78 is 5.60. The smallest absolute Gasteiger partial charge is 0.0949 e. The zero-order valence-electron chi connectivity index (χ0n) is 13.4. The van der Waals surface area contributed by atoms with Gasteiger partial charge in [-0.2, -0.15) is 0 Å². The molecule has 0 radical (unpaired) electrons. The molecule has 1 atom stereocenters. The largest absolute Gasteiger partial charge is 0.399 e. The van der Waals surface area contributed by atoms with Gasteiger partial charge in [-0.1, -0.05) is 32.1 Å². The van der Waals surface area contributed by atoms with E-state index in [0.717, 1.165) is 25.4 Å². The molecule has 0 aliphatic carbocycles. The topological polar surface area (TPSA) is 73.3 Å². The Labute approximate surface area is 124 Å². The average molecular weight is 281 g/mol. The van der Waals surface area contributed by atoms with Crippen LogP contribution in [0.4, 0.5) is 5.69 Å². The van der Waals surface area contributed by atoms with Crippen LogP contribution in [-0.2, 0) is 4.74 Å². The van der Waals surface area contributed by atoms with Crippen LogP contribution in [-0.4, -0.2) is 26.7 Å². The van der Waals surface area contributed by atoms with Crippen molar-refractivity contribution in [2.45, 2.75) is 26.9 Å². The molecule has 4 nitrogen and oxygen atoms in total. The summed E-state index contributed by atoms with van der Waals surface area (Å²) in [6.45, 7) is 11.9. The van der Waals surface area contributed by atoms with Gasteiger partial charge in [0.15, 0.2) is 0 Å². The van der Waals surface area contributed by atoms with Crippen LogP contribution >= 0.6 is 0 Å². The number of ether oxygens (including phenoxy) is 1. The van der Waals surface area contributed by atoms with Crippen molar-refractivity contribution in [2.75, 3.05) is 32.5 Å². The summed E-state index contributed by atoms with van der Waals surface area (Å²) in [5.74, 6) is 0. The first-order valence-electron chi connectivity index (χ1n) is 7.10. The van der Waals surface area contributed by atoms with Crippen molar-refractivity contribution in [1.29, 1.82) is 0 Å². The first-order chi connectivity index (χ1) is 9.77. The highest BCUT2D eigenvalue weighted by atomic mass is 16.5. The number of morpholine rings is 1. The minimum absolute atomic E-state index is 0.189. The Kier molecular flexibility index (Phi) is 16.4.